The average molecular weight is 949 g/mol. The van der Waals surface area contributed by atoms with Crippen LogP contribution in [0.1, 0.15) is 201 Å². The molecule has 69 heavy (non-hydrogen) atoms. The fourth-order valence-electron chi connectivity index (χ4n) is 6.59. The zero-order chi connectivity index (χ0) is 50.0. The second-order valence-electron chi connectivity index (χ2n) is 17.0. The van der Waals surface area contributed by atoms with Gasteiger partial charge in [0.25, 0.3) is 0 Å². The Morgan fingerprint density at radius 3 is 0.928 bits per heavy atom. The average Bonchev–Trinajstić information content (AvgIpc) is 3.35. The van der Waals surface area contributed by atoms with Crippen LogP contribution in [0.15, 0.2) is 158 Å². The van der Waals surface area contributed by atoms with Gasteiger partial charge in [-0.25, -0.2) is 0 Å². The molecular weight excluding hydrogens is 853 g/mol. The molecule has 0 saturated heterocycles. The van der Waals surface area contributed by atoms with Crippen LogP contribution in [0.25, 0.3) is 0 Å². The lowest BCUT2D eigenvalue weighted by Crippen LogP contribution is -2.30. The fourth-order valence-corrected chi connectivity index (χ4v) is 6.59. The molecule has 0 aliphatic carbocycles. The van der Waals surface area contributed by atoms with Crippen molar-refractivity contribution < 1.29 is 28.6 Å². The minimum Gasteiger partial charge on any atom is -0.462 e. The van der Waals surface area contributed by atoms with E-state index in [2.05, 4.69) is 167 Å². The summed E-state index contributed by atoms with van der Waals surface area (Å²) in [4.78, 5) is 38.0. The van der Waals surface area contributed by atoms with Gasteiger partial charge in [0.05, 0.1) is 0 Å². The summed E-state index contributed by atoms with van der Waals surface area (Å²) in [5, 5.41) is 0. The Bertz CT molecular complexity index is 1610. The van der Waals surface area contributed by atoms with Gasteiger partial charge in [0.1, 0.15) is 13.2 Å². The van der Waals surface area contributed by atoms with Gasteiger partial charge in [0, 0.05) is 19.3 Å². The summed E-state index contributed by atoms with van der Waals surface area (Å²) in [5.41, 5.74) is 0. The topological polar surface area (TPSA) is 78.9 Å². The highest BCUT2D eigenvalue weighted by atomic mass is 16.6. The largest absolute Gasteiger partial charge is 0.462 e. The zero-order valence-corrected chi connectivity index (χ0v) is 43.8. The molecule has 0 N–H and O–H groups in total. The van der Waals surface area contributed by atoms with Crippen LogP contribution in [0.4, 0.5) is 0 Å². The minimum absolute atomic E-state index is 0.130. The third-order valence-electron chi connectivity index (χ3n) is 10.5. The zero-order valence-electron chi connectivity index (χ0n) is 43.8. The van der Waals surface area contributed by atoms with Crippen LogP contribution in [0, 0.1) is 0 Å². The Kier molecular flexibility index (Phi) is 51.6. The number of carbonyl (C=O) groups excluding carboxylic acids is 3. The number of esters is 3. The van der Waals surface area contributed by atoms with E-state index in [1.807, 2.05) is 12.2 Å². The van der Waals surface area contributed by atoms with Crippen molar-refractivity contribution in [2.24, 2.45) is 0 Å². The Labute approximate surface area is 422 Å². The van der Waals surface area contributed by atoms with Crippen LogP contribution in [0.2, 0.25) is 0 Å². The SMILES string of the molecule is CC/C=C\C/C=C\C/C=C\C/C=C\C/C=C\CCCCCCCCCC(=O)OCC(COC(=O)CC/C=C\C/C=C\C/C=C\C/C=C\CC)OC(=O)CCCC/C=C\C/C=C\C/C=C\C/C=C\CC. The number of hydrogen-bond acceptors (Lipinski definition) is 6. The molecule has 0 radical (unpaired) electrons. The highest BCUT2D eigenvalue weighted by molar-refractivity contribution is 5.71. The highest BCUT2D eigenvalue weighted by Crippen LogP contribution is 2.12. The highest BCUT2D eigenvalue weighted by Gasteiger charge is 2.19. The van der Waals surface area contributed by atoms with Gasteiger partial charge in [-0.3, -0.25) is 14.4 Å². The Morgan fingerprint density at radius 1 is 0.290 bits per heavy atom. The van der Waals surface area contributed by atoms with Gasteiger partial charge in [0.2, 0.25) is 0 Å². The number of rotatable bonds is 46. The van der Waals surface area contributed by atoms with Crippen molar-refractivity contribution in [2.75, 3.05) is 13.2 Å². The van der Waals surface area contributed by atoms with Crippen LogP contribution in [-0.2, 0) is 28.6 Å². The van der Waals surface area contributed by atoms with E-state index in [1.54, 1.807) is 0 Å². The molecule has 0 spiro atoms. The Morgan fingerprint density at radius 2 is 0.551 bits per heavy atom. The van der Waals surface area contributed by atoms with Crippen molar-refractivity contribution in [3.8, 4) is 0 Å². The van der Waals surface area contributed by atoms with E-state index in [1.165, 1.54) is 19.3 Å². The molecule has 0 aromatic rings. The predicted octanol–water partition coefficient (Wildman–Crippen LogP) is 18.2. The molecule has 1 atom stereocenters. The summed E-state index contributed by atoms with van der Waals surface area (Å²) in [6.45, 7) is 6.16. The van der Waals surface area contributed by atoms with Gasteiger partial charge < -0.3 is 14.2 Å². The molecule has 0 saturated carbocycles. The molecule has 6 nitrogen and oxygen atoms in total. The van der Waals surface area contributed by atoms with Crippen molar-refractivity contribution in [2.45, 2.75) is 207 Å². The summed E-state index contributed by atoms with van der Waals surface area (Å²) >= 11 is 0. The van der Waals surface area contributed by atoms with E-state index in [9.17, 15) is 14.4 Å². The normalized spacial score (nSPS) is 13.4. The van der Waals surface area contributed by atoms with Gasteiger partial charge in [-0.05, 0) is 128 Å². The van der Waals surface area contributed by atoms with Gasteiger partial charge in [-0.2, -0.15) is 0 Å². The van der Waals surface area contributed by atoms with Crippen molar-refractivity contribution >= 4 is 17.9 Å². The molecule has 384 valence electrons. The van der Waals surface area contributed by atoms with Crippen molar-refractivity contribution in [3.05, 3.63) is 158 Å². The van der Waals surface area contributed by atoms with Crippen LogP contribution < -0.4 is 0 Å². The Balaban J connectivity index is 4.51. The molecule has 0 aliphatic rings. The maximum absolute atomic E-state index is 12.8. The monoisotopic (exact) mass is 949 g/mol. The van der Waals surface area contributed by atoms with E-state index in [0.29, 0.717) is 19.3 Å². The second kappa shape index (κ2) is 55.6. The number of carbonyl (C=O) groups is 3. The summed E-state index contributed by atoms with van der Waals surface area (Å²) in [7, 11) is 0. The van der Waals surface area contributed by atoms with E-state index in [-0.39, 0.29) is 44.0 Å². The number of hydrogen-bond donors (Lipinski definition) is 0. The standard InChI is InChI=1S/C63H96O6/c1-4-7-10-13-16-19-22-25-27-28-29-30-31-32-33-34-36-38-41-44-47-50-53-56-62(65)68-59-60(58-67-61(64)55-52-49-46-43-40-37-24-21-18-15-12-9-6-3)69-63(66)57-54-51-48-45-42-39-35-26-23-20-17-14-11-8-5-2/h7-12,16-21,25-27,29-30,32-33,35,37,40,42,45-46,49,60H,4-6,13-15,22-24,28,31,34,36,38-39,41,43-44,47-48,50-59H2,1-3H3/b10-7-,11-8-,12-9-,19-16-,20-17-,21-18-,27-25-,30-29-,33-32-,35-26-,40-37-,45-42-,49-46-. The molecule has 0 amide bonds. The number of unbranched alkanes of at least 4 members (excludes halogenated alkanes) is 9. The third kappa shape index (κ3) is 53.8. The molecule has 0 aromatic carbocycles. The molecule has 0 heterocycles. The van der Waals surface area contributed by atoms with Crippen LogP contribution >= 0.6 is 0 Å². The van der Waals surface area contributed by atoms with Crippen LogP contribution in [-0.4, -0.2) is 37.2 Å². The number of ether oxygens (including phenoxy) is 3. The molecular formula is C63H96O6. The van der Waals surface area contributed by atoms with E-state index < -0.39 is 6.10 Å². The molecule has 1 unspecified atom stereocenters. The molecule has 6 heteroatoms. The lowest BCUT2D eigenvalue weighted by Gasteiger charge is -2.18. The van der Waals surface area contributed by atoms with Gasteiger partial charge in [0.15, 0.2) is 6.10 Å². The van der Waals surface area contributed by atoms with Crippen LogP contribution in [0.5, 0.6) is 0 Å². The van der Waals surface area contributed by atoms with Crippen LogP contribution in [0.3, 0.4) is 0 Å². The Hall–Kier alpha value is -4.97. The summed E-state index contributed by atoms with van der Waals surface area (Å²) in [6, 6.07) is 0. The summed E-state index contributed by atoms with van der Waals surface area (Å²) in [5.74, 6) is -1.08. The minimum atomic E-state index is -0.841. The van der Waals surface area contributed by atoms with Crippen molar-refractivity contribution in [1.29, 1.82) is 0 Å². The number of allylic oxidation sites excluding steroid dienone is 26. The van der Waals surface area contributed by atoms with Gasteiger partial charge >= 0.3 is 17.9 Å². The summed E-state index contributed by atoms with van der Waals surface area (Å²) < 4.78 is 16.7. The first-order valence-corrected chi connectivity index (χ1v) is 27.0. The van der Waals surface area contributed by atoms with Gasteiger partial charge in [-0.1, -0.05) is 211 Å². The van der Waals surface area contributed by atoms with Crippen molar-refractivity contribution in [3.63, 3.8) is 0 Å². The molecule has 0 fully saturated rings. The molecule has 0 aromatic heterocycles. The van der Waals surface area contributed by atoms with E-state index >= 15 is 0 Å². The first kappa shape index (κ1) is 64.0. The van der Waals surface area contributed by atoms with E-state index in [4.69, 9.17) is 14.2 Å². The van der Waals surface area contributed by atoms with Crippen molar-refractivity contribution in [1.82, 2.24) is 0 Å². The quantitative estimate of drug-likeness (QED) is 0.0262. The van der Waals surface area contributed by atoms with E-state index in [0.717, 1.165) is 128 Å². The fraction of sp³-hybridized carbons (Fsp3) is 0.540. The first-order valence-electron chi connectivity index (χ1n) is 27.0. The van der Waals surface area contributed by atoms with Gasteiger partial charge in [-0.15, -0.1) is 0 Å². The smallest absolute Gasteiger partial charge is 0.306 e. The first-order chi connectivity index (χ1) is 34.0. The molecule has 0 rings (SSSR count). The second-order valence-corrected chi connectivity index (χ2v) is 17.0. The lowest BCUT2D eigenvalue weighted by atomic mass is 10.1. The lowest BCUT2D eigenvalue weighted by molar-refractivity contribution is -0.166. The predicted molar refractivity (Wildman–Crippen MR) is 297 cm³/mol. The maximum atomic E-state index is 12.8. The summed E-state index contributed by atoms with van der Waals surface area (Å²) in [6.07, 6.45) is 81.1. The third-order valence-corrected chi connectivity index (χ3v) is 10.5. The molecule has 0 aliphatic heterocycles. The molecule has 0 bridgehead atoms. The maximum Gasteiger partial charge on any atom is 0.306 e.